The largest absolute Gasteiger partial charge is 0.460 e. The van der Waals surface area contributed by atoms with Crippen LogP contribution < -0.4 is 10.6 Å². The maximum atomic E-state index is 11.7. The third-order valence-electron chi connectivity index (χ3n) is 3.81. The van der Waals surface area contributed by atoms with Crippen LogP contribution in [0, 0.1) is 13.8 Å². The molecule has 0 radical (unpaired) electrons. The van der Waals surface area contributed by atoms with Crippen molar-refractivity contribution in [1.29, 1.82) is 0 Å². The molecule has 0 aliphatic rings. The molecule has 7 heteroatoms. The number of guanidine groups is 1. The highest BCUT2D eigenvalue weighted by Gasteiger charge is 2.15. The number of carbonyl (C=O) groups is 1. The fourth-order valence-corrected chi connectivity index (χ4v) is 3.30. The third kappa shape index (κ3) is 11.0. The molecule has 6 nitrogen and oxygen atoms in total. The standard InChI is InChI=1S/C20H36N4O2S/c1-7-21-19(23-14-17-24-15(2)16(3)27-17)22-13-11-9-8-10-12-18(25)26-20(4,5)6/h7-14H2,1-6H3,(H2,21,22,23). The molecular weight excluding hydrogens is 360 g/mol. The van der Waals surface area contributed by atoms with Crippen molar-refractivity contribution >= 4 is 23.3 Å². The van der Waals surface area contributed by atoms with Crippen LogP contribution in [0.4, 0.5) is 0 Å². The van der Waals surface area contributed by atoms with E-state index in [2.05, 4.69) is 34.5 Å². The molecule has 0 bridgehead atoms. The van der Waals surface area contributed by atoms with Crippen molar-refractivity contribution in [3.05, 3.63) is 15.6 Å². The SMILES string of the molecule is CCNC(=NCc1nc(C)c(C)s1)NCCCCCCC(=O)OC(C)(C)C. The Morgan fingerprint density at radius 3 is 2.44 bits per heavy atom. The number of unbranched alkanes of at least 4 members (excludes halogenated alkanes) is 3. The summed E-state index contributed by atoms with van der Waals surface area (Å²) in [6, 6.07) is 0. The van der Waals surface area contributed by atoms with E-state index >= 15 is 0 Å². The molecule has 0 saturated carbocycles. The molecule has 1 rings (SSSR count). The highest BCUT2D eigenvalue weighted by atomic mass is 32.1. The minimum absolute atomic E-state index is 0.102. The zero-order valence-corrected chi connectivity index (χ0v) is 18.6. The summed E-state index contributed by atoms with van der Waals surface area (Å²) in [5.74, 6) is 0.728. The van der Waals surface area contributed by atoms with Gasteiger partial charge in [-0.2, -0.15) is 0 Å². The molecule has 1 aromatic rings. The van der Waals surface area contributed by atoms with Gasteiger partial charge in [-0.25, -0.2) is 9.98 Å². The van der Waals surface area contributed by atoms with Gasteiger partial charge in [0.25, 0.3) is 0 Å². The van der Waals surface area contributed by atoms with Crippen molar-refractivity contribution < 1.29 is 9.53 Å². The summed E-state index contributed by atoms with van der Waals surface area (Å²) in [6.07, 6.45) is 4.55. The molecular formula is C20H36N4O2S. The number of hydrogen-bond donors (Lipinski definition) is 2. The fourth-order valence-electron chi connectivity index (χ4n) is 2.44. The van der Waals surface area contributed by atoms with E-state index in [1.807, 2.05) is 27.7 Å². The number of ether oxygens (including phenoxy) is 1. The first-order chi connectivity index (χ1) is 12.7. The highest BCUT2D eigenvalue weighted by Crippen LogP contribution is 2.17. The van der Waals surface area contributed by atoms with Crippen molar-refractivity contribution in [2.45, 2.75) is 85.8 Å². The lowest BCUT2D eigenvalue weighted by Crippen LogP contribution is -2.37. The van der Waals surface area contributed by atoms with E-state index < -0.39 is 0 Å². The monoisotopic (exact) mass is 396 g/mol. The first-order valence-electron chi connectivity index (χ1n) is 9.88. The zero-order chi connectivity index (χ0) is 20.3. The summed E-state index contributed by atoms with van der Waals surface area (Å²) in [6.45, 7) is 14.2. The van der Waals surface area contributed by atoms with Crippen LogP contribution in [0.1, 0.15) is 75.4 Å². The van der Waals surface area contributed by atoms with E-state index in [0.717, 1.165) is 55.4 Å². The van der Waals surface area contributed by atoms with Crippen LogP contribution in [0.25, 0.3) is 0 Å². The van der Waals surface area contributed by atoms with Crippen molar-refractivity contribution in [2.75, 3.05) is 13.1 Å². The lowest BCUT2D eigenvalue weighted by molar-refractivity contribution is -0.154. The number of rotatable bonds is 10. The molecule has 0 atom stereocenters. The summed E-state index contributed by atoms with van der Waals surface area (Å²) in [7, 11) is 0. The first-order valence-corrected chi connectivity index (χ1v) is 10.7. The average molecular weight is 397 g/mol. The molecule has 0 aromatic carbocycles. The molecule has 154 valence electrons. The van der Waals surface area contributed by atoms with Crippen molar-refractivity contribution in [1.82, 2.24) is 15.6 Å². The molecule has 1 heterocycles. The van der Waals surface area contributed by atoms with Gasteiger partial charge < -0.3 is 15.4 Å². The molecule has 0 spiro atoms. The van der Waals surface area contributed by atoms with Crippen LogP contribution >= 0.6 is 11.3 Å². The Morgan fingerprint density at radius 1 is 1.15 bits per heavy atom. The van der Waals surface area contributed by atoms with Gasteiger partial charge in [-0.3, -0.25) is 4.79 Å². The van der Waals surface area contributed by atoms with Gasteiger partial charge in [0.1, 0.15) is 10.6 Å². The van der Waals surface area contributed by atoms with Crippen LogP contribution in [0.3, 0.4) is 0 Å². The third-order valence-corrected chi connectivity index (χ3v) is 4.87. The van der Waals surface area contributed by atoms with Gasteiger partial charge in [0.2, 0.25) is 0 Å². The van der Waals surface area contributed by atoms with Gasteiger partial charge >= 0.3 is 5.97 Å². The summed E-state index contributed by atoms with van der Waals surface area (Å²) in [5.41, 5.74) is 0.702. The second-order valence-corrected chi connectivity index (χ2v) is 8.91. The van der Waals surface area contributed by atoms with E-state index in [9.17, 15) is 4.79 Å². The van der Waals surface area contributed by atoms with Gasteiger partial charge in [0.15, 0.2) is 5.96 Å². The number of aryl methyl sites for hydroxylation is 2. The Morgan fingerprint density at radius 2 is 1.85 bits per heavy atom. The van der Waals surface area contributed by atoms with E-state index in [1.165, 1.54) is 4.88 Å². The Kier molecular flexibility index (Phi) is 10.4. The first kappa shape index (κ1) is 23.4. The van der Waals surface area contributed by atoms with Gasteiger partial charge in [0, 0.05) is 24.4 Å². The van der Waals surface area contributed by atoms with Gasteiger partial charge in [-0.05, 0) is 54.4 Å². The number of aromatic nitrogens is 1. The molecule has 1 aromatic heterocycles. The number of nitrogens with zero attached hydrogens (tertiary/aromatic N) is 2. The average Bonchev–Trinajstić information content (AvgIpc) is 2.88. The number of aliphatic imine (C=N–C) groups is 1. The molecule has 2 N–H and O–H groups in total. The zero-order valence-electron chi connectivity index (χ0n) is 17.8. The van der Waals surface area contributed by atoms with E-state index in [0.29, 0.717) is 13.0 Å². The summed E-state index contributed by atoms with van der Waals surface area (Å²) < 4.78 is 5.32. The predicted octanol–water partition coefficient (Wildman–Crippen LogP) is 4.11. The minimum Gasteiger partial charge on any atom is -0.460 e. The fraction of sp³-hybridized carbons (Fsp3) is 0.750. The summed E-state index contributed by atoms with van der Waals surface area (Å²) in [4.78, 5) is 22.0. The molecule has 27 heavy (non-hydrogen) atoms. The smallest absolute Gasteiger partial charge is 0.306 e. The molecule has 0 aliphatic carbocycles. The molecule has 0 fully saturated rings. The number of hydrogen-bond acceptors (Lipinski definition) is 5. The number of esters is 1. The van der Waals surface area contributed by atoms with Crippen molar-refractivity contribution in [2.24, 2.45) is 4.99 Å². The Bertz CT molecular complexity index is 586. The van der Waals surface area contributed by atoms with Crippen LogP contribution in [-0.2, 0) is 16.1 Å². The molecule has 0 unspecified atom stereocenters. The molecule has 0 saturated heterocycles. The number of thiazole rings is 1. The van der Waals surface area contributed by atoms with Gasteiger partial charge in [0.05, 0.1) is 12.2 Å². The van der Waals surface area contributed by atoms with E-state index in [1.54, 1.807) is 11.3 Å². The van der Waals surface area contributed by atoms with E-state index in [-0.39, 0.29) is 11.6 Å². The predicted molar refractivity (Wildman–Crippen MR) is 113 cm³/mol. The van der Waals surface area contributed by atoms with E-state index in [4.69, 9.17) is 4.74 Å². The normalized spacial score (nSPS) is 12.1. The Hall–Kier alpha value is -1.63. The Balaban J connectivity index is 2.21. The second kappa shape index (κ2) is 12.0. The molecule has 0 amide bonds. The maximum absolute atomic E-state index is 11.7. The number of nitrogens with one attached hydrogen (secondary N) is 2. The van der Waals surface area contributed by atoms with Crippen LogP contribution in [0.15, 0.2) is 4.99 Å². The maximum Gasteiger partial charge on any atom is 0.306 e. The quantitative estimate of drug-likeness (QED) is 0.269. The lowest BCUT2D eigenvalue weighted by atomic mass is 10.1. The van der Waals surface area contributed by atoms with Gasteiger partial charge in [-0.15, -0.1) is 11.3 Å². The highest BCUT2D eigenvalue weighted by molar-refractivity contribution is 7.11. The van der Waals surface area contributed by atoms with Gasteiger partial charge in [-0.1, -0.05) is 12.8 Å². The molecule has 0 aliphatic heterocycles. The van der Waals surface area contributed by atoms with Crippen LogP contribution in [-0.4, -0.2) is 35.6 Å². The van der Waals surface area contributed by atoms with Crippen LogP contribution in [0.2, 0.25) is 0 Å². The Labute approximate surface area is 168 Å². The number of carbonyl (C=O) groups excluding carboxylic acids is 1. The topological polar surface area (TPSA) is 75.6 Å². The minimum atomic E-state index is -0.390. The van der Waals surface area contributed by atoms with Crippen molar-refractivity contribution in [3.63, 3.8) is 0 Å². The second-order valence-electron chi connectivity index (χ2n) is 7.62. The summed E-state index contributed by atoms with van der Waals surface area (Å²) in [5, 5.41) is 7.68. The lowest BCUT2D eigenvalue weighted by Gasteiger charge is -2.19. The van der Waals surface area contributed by atoms with Crippen LogP contribution in [0.5, 0.6) is 0 Å². The van der Waals surface area contributed by atoms with Crippen molar-refractivity contribution in [3.8, 4) is 0 Å². The summed E-state index contributed by atoms with van der Waals surface area (Å²) >= 11 is 1.71.